The van der Waals surface area contributed by atoms with Gasteiger partial charge in [-0.25, -0.2) is 0 Å². The number of rotatable bonds is 8. The van der Waals surface area contributed by atoms with Crippen molar-refractivity contribution in [2.75, 3.05) is 32.1 Å². The molecule has 0 aliphatic rings. The van der Waals surface area contributed by atoms with Crippen molar-refractivity contribution in [3.8, 4) is 5.75 Å². The fourth-order valence-electron chi connectivity index (χ4n) is 2.40. The minimum Gasteiger partial charge on any atom is -0.496 e. The molecule has 108 valence electrons. The first-order valence-electron chi connectivity index (χ1n) is 7.27. The smallest absolute Gasteiger partial charge is 0.125 e. The van der Waals surface area contributed by atoms with Crippen LogP contribution in [0.2, 0.25) is 0 Å². The molecule has 0 fully saturated rings. The molecule has 3 heteroatoms. The molecule has 0 radical (unpaired) electrons. The highest BCUT2D eigenvalue weighted by atomic mass is 16.5. The van der Waals surface area contributed by atoms with Gasteiger partial charge in [0.05, 0.1) is 7.11 Å². The van der Waals surface area contributed by atoms with E-state index in [9.17, 15) is 0 Å². The highest BCUT2D eigenvalue weighted by Crippen LogP contribution is 2.34. The zero-order valence-corrected chi connectivity index (χ0v) is 13.0. The van der Waals surface area contributed by atoms with Crippen LogP contribution in [0.3, 0.4) is 0 Å². The standard InChI is InChI=1S/C16H28N2O/c1-6-8-12-18(4)14-10-9-11-15(19-5)16(14)13(3)17-7-2/h9-11,13,17H,6-8,12H2,1-5H3. The van der Waals surface area contributed by atoms with Crippen LogP contribution in [-0.4, -0.2) is 27.2 Å². The molecule has 0 aliphatic heterocycles. The fourth-order valence-corrected chi connectivity index (χ4v) is 2.40. The lowest BCUT2D eigenvalue weighted by Crippen LogP contribution is -2.24. The molecule has 0 saturated carbocycles. The van der Waals surface area contributed by atoms with E-state index in [1.807, 2.05) is 6.07 Å². The Morgan fingerprint density at radius 1 is 1.32 bits per heavy atom. The van der Waals surface area contributed by atoms with Gasteiger partial charge in [0.1, 0.15) is 5.75 Å². The van der Waals surface area contributed by atoms with E-state index in [0.717, 1.165) is 18.8 Å². The molecule has 3 nitrogen and oxygen atoms in total. The van der Waals surface area contributed by atoms with Gasteiger partial charge in [0.2, 0.25) is 0 Å². The lowest BCUT2D eigenvalue weighted by Gasteiger charge is -2.27. The Kier molecular flexibility index (Phi) is 6.71. The Morgan fingerprint density at radius 3 is 2.63 bits per heavy atom. The Hall–Kier alpha value is -1.22. The highest BCUT2D eigenvalue weighted by molar-refractivity contribution is 5.60. The number of hydrogen-bond donors (Lipinski definition) is 1. The van der Waals surface area contributed by atoms with Crippen molar-refractivity contribution in [1.29, 1.82) is 0 Å². The minimum absolute atomic E-state index is 0.292. The van der Waals surface area contributed by atoms with Gasteiger partial charge in [0.25, 0.3) is 0 Å². The number of hydrogen-bond acceptors (Lipinski definition) is 3. The predicted molar refractivity (Wildman–Crippen MR) is 83.3 cm³/mol. The van der Waals surface area contributed by atoms with Crippen LogP contribution >= 0.6 is 0 Å². The number of anilines is 1. The van der Waals surface area contributed by atoms with Gasteiger partial charge in [-0.15, -0.1) is 0 Å². The molecule has 1 atom stereocenters. The highest BCUT2D eigenvalue weighted by Gasteiger charge is 2.17. The van der Waals surface area contributed by atoms with Gasteiger partial charge in [-0.3, -0.25) is 0 Å². The second-order valence-electron chi connectivity index (χ2n) is 4.95. The molecule has 0 amide bonds. The Balaban J connectivity index is 3.07. The monoisotopic (exact) mass is 264 g/mol. The largest absolute Gasteiger partial charge is 0.496 e. The van der Waals surface area contributed by atoms with Crippen molar-refractivity contribution in [2.45, 2.75) is 39.7 Å². The van der Waals surface area contributed by atoms with Gasteiger partial charge < -0.3 is 15.0 Å². The maximum absolute atomic E-state index is 5.54. The summed E-state index contributed by atoms with van der Waals surface area (Å²) < 4.78 is 5.54. The first-order chi connectivity index (χ1) is 9.15. The normalized spacial score (nSPS) is 12.3. The summed E-state index contributed by atoms with van der Waals surface area (Å²) in [7, 11) is 3.90. The quantitative estimate of drug-likeness (QED) is 0.776. The molecule has 0 bridgehead atoms. The fraction of sp³-hybridized carbons (Fsp3) is 0.625. The van der Waals surface area contributed by atoms with Crippen molar-refractivity contribution in [3.05, 3.63) is 23.8 Å². The van der Waals surface area contributed by atoms with E-state index in [0.29, 0.717) is 6.04 Å². The third-order valence-electron chi connectivity index (χ3n) is 3.46. The summed E-state index contributed by atoms with van der Waals surface area (Å²) in [6.07, 6.45) is 2.43. The number of ether oxygens (including phenoxy) is 1. The number of nitrogens with zero attached hydrogens (tertiary/aromatic N) is 1. The van der Waals surface area contributed by atoms with E-state index in [1.54, 1.807) is 7.11 Å². The van der Waals surface area contributed by atoms with Gasteiger partial charge in [0, 0.05) is 30.9 Å². The van der Waals surface area contributed by atoms with E-state index < -0.39 is 0 Å². The van der Waals surface area contributed by atoms with Gasteiger partial charge in [-0.05, 0) is 32.0 Å². The number of benzene rings is 1. The lowest BCUT2D eigenvalue weighted by atomic mass is 10.0. The number of methoxy groups -OCH3 is 1. The summed E-state index contributed by atoms with van der Waals surface area (Å²) in [5, 5.41) is 3.48. The molecule has 0 aromatic heterocycles. The molecule has 1 unspecified atom stereocenters. The van der Waals surface area contributed by atoms with Crippen molar-refractivity contribution in [2.24, 2.45) is 0 Å². The molecule has 1 rings (SSSR count). The van der Waals surface area contributed by atoms with Gasteiger partial charge in [-0.1, -0.05) is 26.3 Å². The summed E-state index contributed by atoms with van der Waals surface area (Å²) in [5.41, 5.74) is 2.52. The SMILES string of the molecule is CCCCN(C)c1cccc(OC)c1C(C)NCC. The second kappa shape index (κ2) is 8.05. The average Bonchev–Trinajstić information content (AvgIpc) is 2.43. The molecular formula is C16H28N2O. The van der Waals surface area contributed by atoms with E-state index in [1.165, 1.54) is 24.1 Å². The van der Waals surface area contributed by atoms with Gasteiger partial charge >= 0.3 is 0 Å². The van der Waals surface area contributed by atoms with E-state index in [2.05, 4.69) is 50.2 Å². The average molecular weight is 264 g/mol. The molecule has 0 heterocycles. The molecule has 19 heavy (non-hydrogen) atoms. The first-order valence-corrected chi connectivity index (χ1v) is 7.27. The van der Waals surface area contributed by atoms with Gasteiger partial charge in [-0.2, -0.15) is 0 Å². The Morgan fingerprint density at radius 2 is 2.05 bits per heavy atom. The maximum atomic E-state index is 5.54. The first kappa shape index (κ1) is 15.8. The van der Waals surface area contributed by atoms with Crippen LogP contribution in [-0.2, 0) is 0 Å². The second-order valence-corrected chi connectivity index (χ2v) is 4.95. The predicted octanol–water partition coefficient (Wildman–Crippen LogP) is 3.60. The lowest BCUT2D eigenvalue weighted by molar-refractivity contribution is 0.402. The summed E-state index contributed by atoms with van der Waals surface area (Å²) in [4.78, 5) is 2.33. The zero-order valence-electron chi connectivity index (χ0n) is 13.0. The van der Waals surface area contributed by atoms with Crippen molar-refractivity contribution in [1.82, 2.24) is 5.32 Å². The third kappa shape index (κ3) is 4.13. The summed E-state index contributed by atoms with van der Waals surface area (Å²) in [6, 6.07) is 6.58. The van der Waals surface area contributed by atoms with Crippen LogP contribution in [0.1, 0.15) is 45.2 Å². The van der Waals surface area contributed by atoms with Crippen LogP contribution in [0.4, 0.5) is 5.69 Å². The minimum atomic E-state index is 0.292. The summed E-state index contributed by atoms with van der Waals surface area (Å²) >= 11 is 0. The van der Waals surface area contributed by atoms with E-state index >= 15 is 0 Å². The molecule has 1 aromatic rings. The molecule has 0 aliphatic carbocycles. The molecule has 0 saturated heterocycles. The third-order valence-corrected chi connectivity index (χ3v) is 3.46. The molecule has 0 spiro atoms. The maximum Gasteiger partial charge on any atom is 0.125 e. The molecule has 1 N–H and O–H groups in total. The van der Waals surface area contributed by atoms with Crippen molar-refractivity contribution < 1.29 is 4.74 Å². The van der Waals surface area contributed by atoms with Crippen molar-refractivity contribution >= 4 is 5.69 Å². The van der Waals surface area contributed by atoms with Crippen LogP contribution in [0, 0.1) is 0 Å². The molecule has 1 aromatic carbocycles. The van der Waals surface area contributed by atoms with Crippen LogP contribution in [0.5, 0.6) is 5.75 Å². The van der Waals surface area contributed by atoms with E-state index in [4.69, 9.17) is 4.74 Å². The van der Waals surface area contributed by atoms with Crippen LogP contribution in [0.15, 0.2) is 18.2 Å². The Labute approximate surface area is 118 Å². The summed E-state index contributed by atoms with van der Waals surface area (Å²) in [6.45, 7) is 8.58. The van der Waals surface area contributed by atoms with Crippen LogP contribution < -0.4 is 15.0 Å². The van der Waals surface area contributed by atoms with Crippen LogP contribution in [0.25, 0.3) is 0 Å². The van der Waals surface area contributed by atoms with Crippen molar-refractivity contribution in [3.63, 3.8) is 0 Å². The van der Waals surface area contributed by atoms with E-state index in [-0.39, 0.29) is 0 Å². The topological polar surface area (TPSA) is 24.5 Å². The Bertz CT molecular complexity index is 379. The number of unbranched alkanes of at least 4 members (excludes halogenated alkanes) is 1. The zero-order chi connectivity index (χ0) is 14.3. The summed E-state index contributed by atoms with van der Waals surface area (Å²) in [5.74, 6) is 0.967. The number of nitrogens with one attached hydrogen (secondary N) is 1. The molecular weight excluding hydrogens is 236 g/mol. The van der Waals surface area contributed by atoms with Gasteiger partial charge in [0.15, 0.2) is 0 Å².